The van der Waals surface area contributed by atoms with Gasteiger partial charge < -0.3 is 9.73 Å². The third-order valence-corrected chi connectivity index (χ3v) is 3.36. The standard InChI is InChI=1S/C13H14ClNO/c1-8-11-6-9(14)2-5-12(11)16-13(8)7-15-10-3-4-10/h2,5-6,10,15H,3-4,7H2,1H3. The predicted molar refractivity (Wildman–Crippen MR) is 65.8 cm³/mol. The molecule has 1 fully saturated rings. The summed E-state index contributed by atoms with van der Waals surface area (Å²) in [7, 11) is 0. The molecule has 0 spiro atoms. The number of nitrogens with one attached hydrogen (secondary N) is 1. The zero-order chi connectivity index (χ0) is 11.1. The SMILES string of the molecule is Cc1c(CNC2CC2)oc2ccc(Cl)cc12. The van der Waals surface area contributed by atoms with Crippen molar-refractivity contribution in [2.75, 3.05) is 0 Å². The van der Waals surface area contributed by atoms with E-state index < -0.39 is 0 Å². The summed E-state index contributed by atoms with van der Waals surface area (Å²) in [5.74, 6) is 1.03. The van der Waals surface area contributed by atoms with Crippen LogP contribution in [0.4, 0.5) is 0 Å². The van der Waals surface area contributed by atoms with Gasteiger partial charge in [0.1, 0.15) is 11.3 Å². The van der Waals surface area contributed by atoms with E-state index in [4.69, 9.17) is 16.0 Å². The summed E-state index contributed by atoms with van der Waals surface area (Å²) < 4.78 is 5.81. The van der Waals surface area contributed by atoms with Crippen LogP contribution in [0, 0.1) is 6.92 Å². The van der Waals surface area contributed by atoms with Gasteiger partial charge in [0, 0.05) is 16.5 Å². The van der Waals surface area contributed by atoms with E-state index in [0.29, 0.717) is 6.04 Å². The Bertz CT molecular complexity index is 528. The van der Waals surface area contributed by atoms with Gasteiger partial charge in [0.05, 0.1) is 6.54 Å². The first-order valence-electron chi connectivity index (χ1n) is 5.65. The first-order chi connectivity index (χ1) is 7.74. The third kappa shape index (κ3) is 1.83. The van der Waals surface area contributed by atoms with Gasteiger partial charge in [-0.1, -0.05) is 11.6 Å². The molecule has 3 heteroatoms. The molecule has 1 aliphatic carbocycles. The number of fused-ring (bicyclic) bond motifs is 1. The van der Waals surface area contributed by atoms with Crippen molar-refractivity contribution in [2.24, 2.45) is 0 Å². The number of furan rings is 1. The summed E-state index contributed by atoms with van der Waals surface area (Å²) in [6, 6.07) is 6.48. The van der Waals surface area contributed by atoms with Crippen LogP contribution in [0.15, 0.2) is 22.6 Å². The molecule has 3 rings (SSSR count). The third-order valence-electron chi connectivity index (χ3n) is 3.13. The Morgan fingerprint density at radius 3 is 3.00 bits per heavy atom. The summed E-state index contributed by atoms with van der Waals surface area (Å²) in [6.07, 6.45) is 2.59. The second-order valence-corrected chi connectivity index (χ2v) is 4.88. The van der Waals surface area contributed by atoms with Crippen LogP contribution in [0.2, 0.25) is 5.02 Å². The number of hydrogen-bond acceptors (Lipinski definition) is 2. The molecule has 1 saturated carbocycles. The van der Waals surface area contributed by atoms with E-state index >= 15 is 0 Å². The Morgan fingerprint density at radius 2 is 2.25 bits per heavy atom. The van der Waals surface area contributed by atoms with E-state index in [1.807, 2.05) is 18.2 Å². The molecule has 2 aromatic rings. The van der Waals surface area contributed by atoms with Gasteiger partial charge in [-0.15, -0.1) is 0 Å². The number of rotatable bonds is 3. The van der Waals surface area contributed by atoms with Crippen molar-refractivity contribution in [3.05, 3.63) is 34.5 Å². The Kier molecular flexibility index (Phi) is 2.41. The van der Waals surface area contributed by atoms with Crippen LogP contribution in [0.5, 0.6) is 0 Å². The maximum Gasteiger partial charge on any atom is 0.134 e. The maximum atomic E-state index is 5.98. The molecule has 0 amide bonds. The highest BCUT2D eigenvalue weighted by atomic mass is 35.5. The van der Waals surface area contributed by atoms with Gasteiger partial charge in [-0.05, 0) is 43.5 Å². The molecule has 0 radical (unpaired) electrons. The van der Waals surface area contributed by atoms with Crippen LogP contribution < -0.4 is 5.32 Å². The fourth-order valence-corrected chi connectivity index (χ4v) is 2.11. The molecule has 1 heterocycles. The first kappa shape index (κ1) is 10.2. The smallest absolute Gasteiger partial charge is 0.134 e. The monoisotopic (exact) mass is 235 g/mol. The fourth-order valence-electron chi connectivity index (χ4n) is 1.94. The van der Waals surface area contributed by atoms with Crippen LogP contribution in [0.25, 0.3) is 11.0 Å². The van der Waals surface area contributed by atoms with Gasteiger partial charge in [-0.2, -0.15) is 0 Å². The van der Waals surface area contributed by atoms with Crippen molar-refractivity contribution < 1.29 is 4.42 Å². The highest BCUT2D eigenvalue weighted by Gasteiger charge is 2.21. The van der Waals surface area contributed by atoms with Crippen molar-refractivity contribution in [2.45, 2.75) is 32.4 Å². The van der Waals surface area contributed by atoms with E-state index in [1.165, 1.54) is 18.4 Å². The molecular formula is C13H14ClNO. The molecule has 0 saturated heterocycles. The zero-order valence-electron chi connectivity index (χ0n) is 9.22. The first-order valence-corrected chi connectivity index (χ1v) is 6.03. The fraction of sp³-hybridized carbons (Fsp3) is 0.385. The Labute approximate surface area is 99.6 Å². The molecule has 0 bridgehead atoms. The summed E-state index contributed by atoms with van der Waals surface area (Å²) in [4.78, 5) is 0. The molecule has 0 unspecified atom stereocenters. The van der Waals surface area contributed by atoms with Crippen LogP contribution in [0.1, 0.15) is 24.2 Å². The lowest BCUT2D eigenvalue weighted by Crippen LogP contribution is -2.15. The normalized spacial score (nSPS) is 15.9. The molecular weight excluding hydrogens is 222 g/mol. The largest absolute Gasteiger partial charge is 0.459 e. The lowest BCUT2D eigenvalue weighted by atomic mass is 10.1. The summed E-state index contributed by atoms with van der Waals surface area (Å²) in [6.45, 7) is 2.91. The maximum absolute atomic E-state index is 5.98. The molecule has 84 valence electrons. The van der Waals surface area contributed by atoms with Gasteiger partial charge >= 0.3 is 0 Å². The lowest BCUT2D eigenvalue weighted by molar-refractivity contribution is 0.509. The van der Waals surface area contributed by atoms with Crippen LogP contribution in [0.3, 0.4) is 0 Å². The van der Waals surface area contributed by atoms with Gasteiger partial charge in [0.15, 0.2) is 0 Å². The van der Waals surface area contributed by atoms with E-state index in [0.717, 1.165) is 28.3 Å². The molecule has 0 aliphatic heterocycles. The van der Waals surface area contributed by atoms with Crippen LogP contribution in [-0.4, -0.2) is 6.04 Å². The predicted octanol–water partition coefficient (Wildman–Crippen LogP) is 3.65. The second kappa shape index (κ2) is 3.79. The summed E-state index contributed by atoms with van der Waals surface area (Å²) in [5.41, 5.74) is 2.13. The van der Waals surface area contributed by atoms with Crippen molar-refractivity contribution in [3.63, 3.8) is 0 Å². The lowest BCUT2D eigenvalue weighted by Gasteiger charge is -1.99. The molecule has 1 aromatic heterocycles. The zero-order valence-corrected chi connectivity index (χ0v) is 9.97. The molecule has 2 nitrogen and oxygen atoms in total. The van der Waals surface area contributed by atoms with Crippen molar-refractivity contribution in [3.8, 4) is 0 Å². The van der Waals surface area contributed by atoms with Gasteiger partial charge in [-0.3, -0.25) is 0 Å². The minimum atomic E-state index is 0.705. The van der Waals surface area contributed by atoms with Crippen molar-refractivity contribution in [1.29, 1.82) is 0 Å². The van der Waals surface area contributed by atoms with E-state index in [1.54, 1.807) is 0 Å². The van der Waals surface area contributed by atoms with E-state index in [-0.39, 0.29) is 0 Å². The number of aryl methyl sites for hydroxylation is 1. The second-order valence-electron chi connectivity index (χ2n) is 4.45. The molecule has 1 N–H and O–H groups in total. The quantitative estimate of drug-likeness (QED) is 0.879. The molecule has 1 aromatic carbocycles. The summed E-state index contributed by atoms with van der Waals surface area (Å²) >= 11 is 5.98. The highest BCUT2D eigenvalue weighted by molar-refractivity contribution is 6.31. The average Bonchev–Trinajstić information content (AvgIpc) is 3.04. The van der Waals surface area contributed by atoms with E-state index in [2.05, 4.69) is 12.2 Å². The molecule has 16 heavy (non-hydrogen) atoms. The average molecular weight is 236 g/mol. The Balaban J connectivity index is 1.94. The Morgan fingerprint density at radius 1 is 1.44 bits per heavy atom. The highest BCUT2D eigenvalue weighted by Crippen LogP contribution is 2.28. The summed E-state index contributed by atoms with van der Waals surface area (Å²) in [5, 5.41) is 5.35. The van der Waals surface area contributed by atoms with Gasteiger partial charge in [0.2, 0.25) is 0 Å². The van der Waals surface area contributed by atoms with Crippen LogP contribution >= 0.6 is 11.6 Å². The van der Waals surface area contributed by atoms with Gasteiger partial charge in [-0.25, -0.2) is 0 Å². The number of hydrogen-bond donors (Lipinski definition) is 1. The number of halogens is 1. The molecule has 0 atom stereocenters. The molecule has 1 aliphatic rings. The topological polar surface area (TPSA) is 25.2 Å². The van der Waals surface area contributed by atoms with E-state index in [9.17, 15) is 0 Å². The number of benzene rings is 1. The minimum Gasteiger partial charge on any atom is -0.459 e. The van der Waals surface area contributed by atoms with Crippen LogP contribution in [-0.2, 0) is 6.54 Å². The van der Waals surface area contributed by atoms with Crippen molar-refractivity contribution in [1.82, 2.24) is 5.32 Å². The van der Waals surface area contributed by atoms with Crippen molar-refractivity contribution >= 4 is 22.6 Å². The minimum absolute atomic E-state index is 0.705. The Hall–Kier alpha value is -0.990. The van der Waals surface area contributed by atoms with Gasteiger partial charge in [0.25, 0.3) is 0 Å².